The second-order valence-corrected chi connectivity index (χ2v) is 3.82. The number of allylic oxidation sites excluding steroid dienone is 2. The lowest BCUT2D eigenvalue weighted by atomic mass is 9.79. The first-order valence-corrected chi connectivity index (χ1v) is 5.05. The molecule has 2 atom stereocenters. The average molecular weight is 211 g/mol. The number of aliphatic carboxylic acids is 1. The molecule has 1 aliphatic rings. The van der Waals surface area contributed by atoms with Gasteiger partial charge in [0.2, 0.25) is 0 Å². The number of esters is 1. The van der Waals surface area contributed by atoms with Gasteiger partial charge in [0, 0.05) is 12.4 Å². The maximum atomic E-state index is 11.1. The fourth-order valence-electron chi connectivity index (χ4n) is 1.94. The molecule has 4 heteroatoms. The van der Waals surface area contributed by atoms with Crippen LogP contribution in [0.2, 0.25) is 0 Å². The summed E-state index contributed by atoms with van der Waals surface area (Å²) in [5.74, 6) is -1.26. The molecule has 1 rings (SSSR count). The fourth-order valence-corrected chi connectivity index (χ4v) is 1.94. The molecule has 0 fully saturated rings. The number of hydrogen-bond donors (Lipinski definition) is 0. The van der Waals surface area contributed by atoms with Crippen molar-refractivity contribution in [2.24, 2.45) is 11.8 Å². The Hall–Kier alpha value is -1.32. The number of carboxylic acid groups (broad SMARTS) is 1. The summed E-state index contributed by atoms with van der Waals surface area (Å²) in [7, 11) is 1.34. The van der Waals surface area contributed by atoms with E-state index in [1.165, 1.54) is 7.11 Å². The number of methoxy groups -OCH3 is 1. The lowest BCUT2D eigenvalue weighted by Crippen LogP contribution is -2.30. The van der Waals surface area contributed by atoms with Gasteiger partial charge in [-0.05, 0) is 31.1 Å². The second kappa shape index (κ2) is 5.53. The molecule has 0 amide bonds. The summed E-state index contributed by atoms with van der Waals surface area (Å²) >= 11 is 0. The van der Waals surface area contributed by atoms with Gasteiger partial charge in [-0.3, -0.25) is 4.79 Å². The quantitative estimate of drug-likeness (QED) is 0.494. The minimum absolute atomic E-state index is 0.000833. The molecule has 0 unspecified atom stereocenters. The molecule has 0 heterocycles. The first kappa shape index (κ1) is 11.8. The molecule has 0 aromatic rings. The van der Waals surface area contributed by atoms with E-state index in [0.717, 1.165) is 6.42 Å². The molecule has 0 spiro atoms. The topological polar surface area (TPSA) is 66.4 Å². The van der Waals surface area contributed by atoms with Crippen LogP contribution in [0.5, 0.6) is 0 Å². The van der Waals surface area contributed by atoms with Gasteiger partial charge in [0.15, 0.2) is 0 Å². The van der Waals surface area contributed by atoms with Gasteiger partial charge in [0.1, 0.15) is 0 Å². The van der Waals surface area contributed by atoms with E-state index < -0.39 is 5.97 Å². The van der Waals surface area contributed by atoms with Gasteiger partial charge in [-0.2, -0.15) is 0 Å². The molecule has 0 saturated carbocycles. The third-order valence-electron chi connectivity index (χ3n) is 2.80. The Balaban J connectivity index is 2.54. The van der Waals surface area contributed by atoms with Crippen LogP contribution in [0, 0.1) is 11.8 Å². The van der Waals surface area contributed by atoms with E-state index >= 15 is 0 Å². The monoisotopic (exact) mass is 211 g/mol. The molecule has 15 heavy (non-hydrogen) atoms. The Morgan fingerprint density at radius 3 is 2.27 bits per heavy atom. The van der Waals surface area contributed by atoms with E-state index in [9.17, 15) is 14.7 Å². The van der Waals surface area contributed by atoms with E-state index in [1.54, 1.807) is 0 Å². The van der Waals surface area contributed by atoms with Crippen LogP contribution in [0.25, 0.3) is 0 Å². The van der Waals surface area contributed by atoms with E-state index in [0.29, 0.717) is 12.8 Å². The third kappa shape index (κ3) is 3.73. The molecule has 1 aliphatic carbocycles. The lowest BCUT2D eigenvalue weighted by Gasteiger charge is -2.27. The van der Waals surface area contributed by atoms with Crippen molar-refractivity contribution in [3.05, 3.63) is 12.2 Å². The summed E-state index contributed by atoms with van der Waals surface area (Å²) in [6.07, 6.45) is 5.70. The molecule has 0 radical (unpaired) electrons. The lowest BCUT2D eigenvalue weighted by molar-refractivity contribution is -0.307. The van der Waals surface area contributed by atoms with Gasteiger partial charge in [0.25, 0.3) is 0 Å². The predicted molar refractivity (Wildman–Crippen MR) is 51.6 cm³/mol. The van der Waals surface area contributed by atoms with Crippen molar-refractivity contribution in [1.29, 1.82) is 0 Å². The molecule has 0 aliphatic heterocycles. The van der Waals surface area contributed by atoms with Crippen LogP contribution in [0.1, 0.15) is 25.7 Å². The zero-order valence-corrected chi connectivity index (χ0v) is 8.77. The van der Waals surface area contributed by atoms with E-state index in [4.69, 9.17) is 0 Å². The minimum Gasteiger partial charge on any atom is -0.550 e. The van der Waals surface area contributed by atoms with Crippen molar-refractivity contribution in [3.8, 4) is 0 Å². The largest absolute Gasteiger partial charge is 0.550 e. The maximum absolute atomic E-state index is 11.1. The predicted octanol–water partition coefficient (Wildman–Crippen LogP) is 0.272. The Labute approximate surface area is 88.9 Å². The molecule has 0 aromatic heterocycles. The van der Waals surface area contributed by atoms with Crippen LogP contribution in [0.4, 0.5) is 0 Å². The summed E-state index contributed by atoms with van der Waals surface area (Å²) in [5, 5.41) is 10.5. The van der Waals surface area contributed by atoms with Gasteiger partial charge in [-0.1, -0.05) is 12.2 Å². The summed E-state index contributed by atoms with van der Waals surface area (Å²) in [6.45, 7) is 0. The highest BCUT2D eigenvalue weighted by Gasteiger charge is 2.25. The number of hydrogen-bond acceptors (Lipinski definition) is 4. The summed E-state index contributed by atoms with van der Waals surface area (Å²) in [6, 6.07) is 0. The average Bonchev–Trinajstić information content (AvgIpc) is 2.20. The van der Waals surface area contributed by atoms with Gasteiger partial charge in [0.05, 0.1) is 7.11 Å². The summed E-state index contributed by atoms with van der Waals surface area (Å²) < 4.78 is 4.58. The van der Waals surface area contributed by atoms with Crippen LogP contribution < -0.4 is 5.11 Å². The molecular formula is C11H15O4-. The van der Waals surface area contributed by atoms with Crippen molar-refractivity contribution in [2.45, 2.75) is 25.7 Å². The molecular weight excluding hydrogens is 196 g/mol. The van der Waals surface area contributed by atoms with Crippen molar-refractivity contribution < 1.29 is 19.4 Å². The van der Waals surface area contributed by atoms with Gasteiger partial charge in [-0.15, -0.1) is 0 Å². The van der Waals surface area contributed by atoms with Crippen molar-refractivity contribution in [1.82, 2.24) is 0 Å². The smallest absolute Gasteiger partial charge is 0.305 e. The maximum Gasteiger partial charge on any atom is 0.305 e. The van der Waals surface area contributed by atoms with Crippen molar-refractivity contribution >= 4 is 11.9 Å². The zero-order chi connectivity index (χ0) is 11.3. The van der Waals surface area contributed by atoms with E-state index in [-0.39, 0.29) is 24.2 Å². The number of carbonyl (C=O) groups is 2. The highest BCUT2D eigenvalue weighted by molar-refractivity contribution is 5.70. The van der Waals surface area contributed by atoms with Crippen molar-refractivity contribution in [2.75, 3.05) is 7.11 Å². The second-order valence-electron chi connectivity index (χ2n) is 3.82. The number of carboxylic acids is 1. The molecule has 0 bridgehead atoms. The van der Waals surface area contributed by atoms with E-state index in [2.05, 4.69) is 4.74 Å². The van der Waals surface area contributed by atoms with Gasteiger partial charge in [-0.25, -0.2) is 0 Å². The van der Waals surface area contributed by atoms with Gasteiger partial charge < -0.3 is 14.6 Å². The SMILES string of the molecule is COC(=O)C[C@@H]1CC=CC[C@@H]1CC(=O)[O-]. The zero-order valence-electron chi connectivity index (χ0n) is 8.77. The molecule has 4 nitrogen and oxygen atoms in total. The summed E-state index contributed by atoms with van der Waals surface area (Å²) in [4.78, 5) is 21.6. The van der Waals surface area contributed by atoms with Crippen LogP contribution in [-0.4, -0.2) is 19.0 Å². The highest BCUT2D eigenvalue weighted by atomic mass is 16.5. The highest BCUT2D eigenvalue weighted by Crippen LogP contribution is 2.30. The Kier molecular flexibility index (Phi) is 4.34. The first-order valence-electron chi connectivity index (χ1n) is 5.05. The number of ether oxygens (including phenoxy) is 1. The Morgan fingerprint density at radius 1 is 1.27 bits per heavy atom. The van der Waals surface area contributed by atoms with Crippen LogP contribution in [-0.2, 0) is 14.3 Å². The Morgan fingerprint density at radius 2 is 1.80 bits per heavy atom. The third-order valence-corrected chi connectivity index (χ3v) is 2.80. The number of carbonyl (C=O) groups excluding carboxylic acids is 2. The molecule has 0 saturated heterocycles. The minimum atomic E-state index is -1.05. The van der Waals surface area contributed by atoms with E-state index in [1.807, 2.05) is 12.2 Å². The standard InChI is InChI=1S/C11H16O4/c1-15-11(14)7-9-5-3-2-4-8(9)6-10(12)13/h2-3,8-9H,4-7H2,1H3,(H,12,13)/p-1/t8-,9+/m1/s1. The molecule has 0 aromatic carbocycles. The van der Waals surface area contributed by atoms with Crippen LogP contribution in [0.3, 0.4) is 0 Å². The van der Waals surface area contributed by atoms with Crippen LogP contribution >= 0.6 is 0 Å². The Bertz CT molecular complexity index is 270. The van der Waals surface area contributed by atoms with Crippen LogP contribution in [0.15, 0.2) is 12.2 Å². The molecule has 0 N–H and O–H groups in total. The normalized spacial score (nSPS) is 24.9. The molecule has 84 valence electrons. The number of rotatable bonds is 4. The fraction of sp³-hybridized carbons (Fsp3) is 0.636. The summed E-state index contributed by atoms with van der Waals surface area (Å²) in [5.41, 5.74) is 0. The first-order chi connectivity index (χ1) is 7.13. The van der Waals surface area contributed by atoms with Gasteiger partial charge >= 0.3 is 5.97 Å². The van der Waals surface area contributed by atoms with Crippen molar-refractivity contribution in [3.63, 3.8) is 0 Å².